The molecule has 21 heavy (non-hydrogen) atoms. The maximum absolute atomic E-state index is 8.12. The number of hydrogen-bond donors (Lipinski definition) is 0. The molecule has 0 radical (unpaired) electrons. The maximum Gasteiger partial charge on any atom is 0.0299 e. The third-order valence-corrected chi connectivity index (χ3v) is 3.43. The first-order valence-electron chi connectivity index (χ1n) is 7.98. The van der Waals surface area contributed by atoms with Gasteiger partial charge in [-0.1, -0.05) is 49.0 Å². The Balaban J connectivity index is 1.83. The lowest BCUT2D eigenvalue weighted by Gasteiger charge is -2.01. The van der Waals surface area contributed by atoms with Crippen LogP contribution in [0.3, 0.4) is 0 Å². The van der Waals surface area contributed by atoms with Crippen molar-refractivity contribution in [2.24, 2.45) is 5.11 Å². The van der Waals surface area contributed by atoms with Crippen LogP contribution in [0.5, 0.6) is 0 Å². The van der Waals surface area contributed by atoms with Crippen molar-refractivity contribution in [3.05, 3.63) is 52.7 Å². The van der Waals surface area contributed by atoms with E-state index >= 15 is 0 Å². The maximum atomic E-state index is 8.12. The molecular formula is C17H26N4. The highest BCUT2D eigenvalue weighted by Crippen LogP contribution is 2.10. The first-order chi connectivity index (χ1) is 10.4. The summed E-state index contributed by atoms with van der Waals surface area (Å²) in [6, 6.07) is 4.16. The lowest BCUT2D eigenvalue weighted by Crippen LogP contribution is -1.87. The molecule has 0 aliphatic carbocycles. The summed E-state index contributed by atoms with van der Waals surface area (Å²) in [6.07, 6.45) is 19.1. The fourth-order valence-electron chi connectivity index (χ4n) is 2.26. The van der Waals surface area contributed by atoms with Gasteiger partial charge in [0.15, 0.2) is 0 Å². The molecule has 0 N–H and O–H groups in total. The summed E-state index contributed by atoms with van der Waals surface area (Å²) in [6.45, 7) is 0.573. The SMILES string of the molecule is [N-]=[N+]=NCC/C=C/CCCCCCCCc1cccnc1. The van der Waals surface area contributed by atoms with Crippen molar-refractivity contribution in [2.45, 2.75) is 57.8 Å². The van der Waals surface area contributed by atoms with Crippen LogP contribution in [0.1, 0.15) is 56.9 Å². The number of hydrogen-bond acceptors (Lipinski definition) is 2. The summed E-state index contributed by atoms with van der Waals surface area (Å²) in [5.41, 5.74) is 9.47. The summed E-state index contributed by atoms with van der Waals surface area (Å²) < 4.78 is 0. The molecule has 0 amide bonds. The molecule has 0 fully saturated rings. The van der Waals surface area contributed by atoms with Gasteiger partial charge in [-0.05, 0) is 49.3 Å². The monoisotopic (exact) mass is 286 g/mol. The van der Waals surface area contributed by atoms with Gasteiger partial charge >= 0.3 is 0 Å². The average Bonchev–Trinajstić information content (AvgIpc) is 2.53. The van der Waals surface area contributed by atoms with Crippen LogP contribution in [-0.4, -0.2) is 11.5 Å². The van der Waals surface area contributed by atoms with Crippen molar-refractivity contribution < 1.29 is 0 Å². The highest BCUT2D eigenvalue weighted by atomic mass is 15.1. The number of unbranched alkanes of at least 4 members (excludes halogenated alkanes) is 6. The van der Waals surface area contributed by atoms with Crippen LogP contribution in [0, 0.1) is 0 Å². The van der Waals surface area contributed by atoms with Crippen molar-refractivity contribution in [2.75, 3.05) is 6.54 Å². The molecule has 4 heteroatoms. The number of allylic oxidation sites excluding steroid dienone is 1. The second kappa shape index (κ2) is 13.2. The Morgan fingerprint density at radius 1 is 1.05 bits per heavy atom. The van der Waals surface area contributed by atoms with Gasteiger partial charge < -0.3 is 0 Å². The molecule has 0 spiro atoms. The third-order valence-electron chi connectivity index (χ3n) is 3.43. The van der Waals surface area contributed by atoms with Crippen LogP contribution in [0.25, 0.3) is 10.4 Å². The first kappa shape index (κ1) is 17.3. The van der Waals surface area contributed by atoms with E-state index in [1.807, 2.05) is 18.5 Å². The minimum atomic E-state index is 0.573. The third kappa shape index (κ3) is 10.6. The predicted octanol–water partition coefficient (Wildman–Crippen LogP) is 5.61. The molecule has 1 aromatic heterocycles. The van der Waals surface area contributed by atoms with Crippen LogP contribution in [0.15, 0.2) is 41.8 Å². The van der Waals surface area contributed by atoms with E-state index in [1.54, 1.807) is 0 Å². The number of nitrogens with zero attached hydrogens (tertiary/aromatic N) is 4. The molecular weight excluding hydrogens is 260 g/mol. The largest absolute Gasteiger partial charge is 0.264 e. The fraction of sp³-hybridized carbons (Fsp3) is 0.588. The second-order valence-electron chi connectivity index (χ2n) is 5.24. The second-order valence-corrected chi connectivity index (χ2v) is 5.24. The van der Waals surface area contributed by atoms with Crippen LogP contribution < -0.4 is 0 Å². The van der Waals surface area contributed by atoms with Gasteiger partial charge in [0, 0.05) is 23.9 Å². The normalized spacial score (nSPS) is 10.7. The molecule has 1 rings (SSSR count). The molecule has 114 valence electrons. The Morgan fingerprint density at radius 2 is 1.81 bits per heavy atom. The summed E-state index contributed by atoms with van der Waals surface area (Å²) in [4.78, 5) is 6.86. The van der Waals surface area contributed by atoms with Crippen molar-refractivity contribution in [3.8, 4) is 0 Å². The highest BCUT2D eigenvalue weighted by Gasteiger charge is 1.93. The summed E-state index contributed by atoms with van der Waals surface area (Å²) in [7, 11) is 0. The Morgan fingerprint density at radius 3 is 2.57 bits per heavy atom. The molecule has 0 aliphatic heterocycles. The highest BCUT2D eigenvalue weighted by molar-refractivity contribution is 5.08. The van der Waals surface area contributed by atoms with E-state index < -0.39 is 0 Å². The van der Waals surface area contributed by atoms with E-state index in [0.29, 0.717) is 6.54 Å². The van der Waals surface area contributed by atoms with Gasteiger partial charge in [0.1, 0.15) is 0 Å². The Kier molecular flexibility index (Phi) is 10.8. The molecule has 1 heterocycles. The number of rotatable bonds is 12. The minimum absolute atomic E-state index is 0.573. The predicted molar refractivity (Wildman–Crippen MR) is 88.0 cm³/mol. The number of azide groups is 1. The zero-order chi connectivity index (χ0) is 15.0. The van der Waals surface area contributed by atoms with Gasteiger partial charge in [0.05, 0.1) is 0 Å². The van der Waals surface area contributed by atoms with Crippen LogP contribution >= 0.6 is 0 Å². The lowest BCUT2D eigenvalue weighted by molar-refractivity contribution is 0.596. The van der Waals surface area contributed by atoms with Crippen molar-refractivity contribution in [1.82, 2.24) is 4.98 Å². The van der Waals surface area contributed by atoms with Crippen molar-refractivity contribution >= 4 is 0 Å². The lowest BCUT2D eigenvalue weighted by atomic mass is 10.1. The molecule has 1 aromatic rings. The zero-order valence-electron chi connectivity index (χ0n) is 12.8. The Bertz CT molecular complexity index is 422. The zero-order valence-corrected chi connectivity index (χ0v) is 12.8. The molecule has 0 bridgehead atoms. The van der Waals surface area contributed by atoms with Gasteiger partial charge in [-0.15, -0.1) is 0 Å². The molecule has 0 unspecified atom stereocenters. The van der Waals surface area contributed by atoms with E-state index in [2.05, 4.69) is 33.2 Å². The van der Waals surface area contributed by atoms with E-state index in [4.69, 9.17) is 5.53 Å². The van der Waals surface area contributed by atoms with E-state index in [0.717, 1.165) is 19.3 Å². The topological polar surface area (TPSA) is 61.7 Å². The quantitative estimate of drug-likeness (QED) is 0.162. The van der Waals surface area contributed by atoms with Crippen LogP contribution in [0.2, 0.25) is 0 Å². The molecule has 0 atom stereocenters. The van der Waals surface area contributed by atoms with Gasteiger partial charge in [-0.2, -0.15) is 0 Å². The van der Waals surface area contributed by atoms with E-state index in [-0.39, 0.29) is 0 Å². The van der Waals surface area contributed by atoms with Gasteiger partial charge in [-0.25, -0.2) is 0 Å². The van der Waals surface area contributed by atoms with Crippen LogP contribution in [-0.2, 0) is 6.42 Å². The summed E-state index contributed by atoms with van der Waals surface area (Å²) >= 11 is 0. The van der Waals surface area contributed by atoms with E-state index in [1.165, 1.54) is 44.1 Å². The Hall–Kier alpha value is -1.80. The van der Waals surface area contributed by atoms with Gasteiger partial charge in [0.2, 0.25) is 0 Å². The number of aryl methyl sites for hydroxylation is 1. The Labute approximate surface area is 127 Å². The van der Waals surface area contributed by atoms with Crippen LogP contribution in [0.4, 0.5) is 0 Å². The molecule has 0 saturated carbocycles. The smallest absolute Gasteiger partial charge is 0.0299 e. The standard InChI is InChI=1S/C17H26N4/c18-21-20-15-10-8-6-4-2-1-3-5-7-9-12-17-13-11-14-19-16-17/h6,8,11,13-14,16H,1-5,7,9-10,12,15H2/b8-6+. The molecule has 0 saturated heterocycles. The van der Waals surface area contributed by atoms with Gasteiger partial charge in [0.25, 0.3) is 0 Å². The molecule has 4 nitrogen and oxygen atoms in total. The fourth-order valence-corrected chi connectivity index (χ4v) is 2.26. The first-order valence-corrected chi connectivity index (χ1v) is 7.98. The number of pyridine rings is 1. The van der Waals surface area contributed by atoms with Crippen molar-refractivity contribution in [1.29, 1.82) is 0 Å². The van der Waals surface area contributed by atoms with Gasteiger partial charge in [-0.3, -0.25) is 4.98 Å². The van der Waals surface area contributed by atoms with Crippen molar-refractivity contribution in [3.63, 3.8) is 0 Å². The van der Waals surface area contributed by atoms with E-state index in [9.17, 15) is 0 Å². The molecule has 0 aromatic carbocycles. The average molecular weight is 286 g/mol. The minimum Gasteiger partial charge on any atom is -0.264 e. The molecule has 0 aliphatic rings. The summed E-state index contributed by atoms with van der Waals surface area (Å²) in [5, 5.41) is 3.49. The summed E-state index contributed by atoms with van der Waals surface area (Å²) in [5.74, 6) is 0. The number of aromatic nitrogens is 1.